The second-order valence-corrected chi connectivity index (χ2v) is 15.6. The first kappa shape index (κ1) is 44.1. The number of hydrogen-bond acceptors (Lipinski definition) is 7. The lowest BCUT2D eigenvalue weighted by Crippen LogP contribution is -2.59. The summed E-state index contributed by atoms with van der Waals surface area (Å²) in [5.41, 5.74) is 1.15. The Morgan fingerprint density at radius 2 is 1.51 bits per heavy atom. The lowest BCUT2D eigenvalue weighted by molar-refractivity contribution is -0.148. The maximum absolute atomic E-state index is 14.2. The molecule has 0 aliphatic carbocycles. The number of hydrogen-bond donors (Lipinski definition) is 2. The van der Waals surface area contributed by atoms with Crippen LogP contribution in [0.3, 0.4) is 0 Å². The highest BCUT2D eigenvalue weighted by molar-refractivity contribution is 5.90. The Kier molecular flexibility index (Phi) is 18.1. The van der Waals surface area contributed by atoms with Crippen molar-refractivity contribution in [1.82, 2.24) is 25.3 Å². The van der Waals surface area contributed by atoms with Crippen LogP contribution in [-0.4, -0.2) is 123 Å². The van der Waals surface area contributed by atoms with Crippen LogP contribution in [-0.2, 0) is 35.1 Å². The maximum atomic E-state index is 14.2. The molecule has 4 amide bonds. The Morgan fingerprint density at radius 1 is 0.882 bits per heavy atom. The van der Waals surface area contributed by atoms with E-state index in [9.17, 15) is 19.2 Å². The topological polar surface area (TPSA) is 121 Å². The molecule has 1 aromatic carbocycles. The molecule has 1 fully saturated rings. The number of carbonyl (C=O) groups excluding carboxylic acids is 4. The van der Waals surface area contributed by atoms with Crippen LogP contribution in [0.4, 0.5) is 0 Å². The predicted octanol–water partition coefficient (Wildman–Crippen LogP) is 4.38. The van der Waals surface area contributed by atoms with E-state index in [1.165, 1.54) is 0 Å². The number of ether oxygens (including phenoxy) is 2. The van der Waals surface area contributed by atoms with Gasteiger partial charge in [0.1, 0.15) is 6.04 Å². The van der Waals surface area contributed by atoms with E-state index in [-0.39, 0.29) is 65.9 Å². The lowest BCUT2D eigenvalue weighted by atomic mass is 9.89. The molecular weight excluding hydrogens is 646 g/mol. The fourth-order valence-corrected chi connectivity index (χ4v) is 7.80. The average Bonchev–Trinajstić information content (AvgIpc) is 3.56. The number of likely N-dealkylation sites (tertiary alicyclic amines) is 1. The van der Waals surface area contributed by atoms with Gasteiger partial charge in [0.25, 0.3) is 0 Å². The van der Waals surface area contributed by atoms with E-state index < -0.39 is 30.2 Å². The first-order valence-electron chi connectivity index (χ1n) is 18.9. The summed E-state index contributed by atoms with van der Waals surface area (Å²) in [6, 6.07) is 8.19. The van der Waals surface area contributed by atoms with Crippen molar-refractivity contribution in [2.24, 2.45) is 23.7 Å². The molecule has 0 radical (unpaired) electrons. The van der Waals surface area contributed by atoms with Gasteiger partial charge in [-0.25, -0.2) is 0 Å². The molecule has 11 heteroatoms. The molecular formula is C40H69N5O6. The Hall–Kier alpha value is -3.02. The summed E-state index contributed by atoms with van der Waals surface area (Å²) in [5, 5.41) is 6.19. The van der Waals surface area contributed by atoms with Crippen LogP contribution in [0.25, 0.3) is 0 Å². The number of likely N-dealkylation sites (N-methyl/N-ethyl adjacent to an activating group) is 2. The van der Waals surface area contributed by atoms with Gasteiger partial charge in [0.15, 0.2) is 0 Å². The summed E-state index contributed by atoms with van der Waals surface area (Å²) < 4.78 is 12.0. The monoisotopic (exact) mass is 716 g/mol. The third-order valence-corrected chi connectivity index (χ3v) is 10.7. The number of methoxy groups -OCH3 is 2. The lowest BCUT2D eigenvalue weighted by Gasteiger charge is -2.41. The minimum Gasteiger partial charge on any atom is -0.379 e. The van der Waals surface area contributed by atoms with Crippen molar-refractivity contribution < 1.29 is 28.7 Å². The summed E-state index contributed by atoms with van der Waals surface area (Å²) in [6.07, 6.45) is 2.01. The molecule has 0 saturated carbocycles. The Morgan fingerprint density at radius 3 is 2.02 bits per heavy atom. The van der Waals surface area contributed by atoms with Gasteiger partial charge in [-0.15, -0.1) is 0 Å². The van der Waals surface area contributed by atoms with E-state index in [0.29, 0.717) is 6.54 Å². The number of nitrogens with zero attached hydrogens (tertiary/aromatic N) is 3. The first-order valence-corrected chi connectivity index (χ1v) is 18.9. The quantitative estimate of drug-likeness (QED) is 0.206. The van der Waals surface area contributed by atoms with Crippen LogP contribution in [0.1, 0.15) is 86.6 Å². The van der Waals surface area contributed by atoms with E-state index >= 15 is 0 Å². The van der Waals surface area contributed by atoms with Crippen molar-refractivity contribution in [2.45, 2.75) is 130 Å². The zero-order chi connectivity index (χ0) is 38.6. The third-order valence-electron chi connectivity index (χ3n) is 10.7. The van der Waals surface area contributed by atoms with Crippen LogP contribution in [0.15, 0.2) is 30.3 Å². The van der Waals surface area contributed by atoms with Crippen LogP contribution >= 0.6 is 0 Å². The van der Waals surface area contributed by atoms with Gasteiger partial charge < -0.3 is 29.9 Å². The first-order chi connectivity index (χ1) is 24.0. The van der Waals surface area contributed by atoms with Crippen molar-refractivity contribution in [3.63, 3.8) is 0 Å². The van der Waals surface area contributed by atoms with Gasteiger partial charge in [0.05, 0.1) is 42.7 Å². The largest absolute Gasteiger partial charge is 0.379 e. The highest BCUT2D eigenvalue weighted by Crippen LogP contribution is 2.30. The van der Waals surface area contributed by atoms with Gasteiger partial charge in [0.2, 0.25) is 23.6 Å². The molecule has 1 aliphatic rings. The number of amides is 4. The summed E-state index contributed by atoms with van der Waals surface area (Å²) in [5.74, 6) is -1.16. The third kappa shape index (κ3) is 12.0. The number of benzene rings is 1. The molecule has 9 atom stereocenters. The Balaban J connectivity index is 2.23. The van der Waals surface area contributed by atoms with Crippen LogP contribution in [0.5, 0.6) is 0 Å². The zero-order valence-corrected chi connectivity index (χ0v) is 33.8. The normalized spacial score (nSPS) is 19.6. The number of rotatable bonds is 20. The smallest absolute Gasteiger partial charge is 0.245 e. The highest BCUT2D eigenvalue weighted by atomic mass is 16.5. The molecule has 0 aromatic heterocycles. The molecule has 1 aromatic rings. The fourth-order valence-electron chi connectivity index (χ4n) is 7.80. The van der Waals surface area contributed by atoms with Crippen LogP contribution < -0.4 is 10.6 Å². The number of carbonyl (C=O) groups is 4. The summed E-state index contributed by atoms with van der Waals surface area (Å²) in [4.78, 5) is 60.6. The van der Waals surface area contributed by atoms with E-state index in [0.717, 1.165) is 31.2 Å². The second kappa shape index (κ2) is 20.9. The molecule has 2 rings (SSSR count). The van der Waals surface area contributed by atoms with Gasteiger partial charge in [0, 0.05) is 33.9 Å². The highest BCUT2D eigenvalue weighted by Gasteiger charge is 2.43. The predicted molar refractivity (Wildman–Crippen MR) is 203 cm³/mol. The van der Waals surface area contributed by atoms with Gasteiger partial charge in [-0.1, -0.05) is 85.2 Å². The molecule has 1 aliphatic heterocycles. The molecule has 290 valence electrons. The average molecular weight is 716 g/mol. The van der Waals surface area contributed by atoms with Crippen LogP contribution in [0, 0.1) is 23.7 Å². The summed E-state index contributed by atoms with van der Waals surface area (Å²) in [6.45, 7) is 16.4. The zero-order valence-electron chi connectivity index (χ0n) is 33.8. The number of nitrogens with one attached hydrogen (secondary N) is 2. The maximum Gasteiger partial charge on any atom is 0.245 e. The van der Waals surface area contributed by atoms with E-state index in [4.69, 9.17) is 9.47 Å². The van der Waals surface area contributed by atoms with Gasteiger partial charge in [-0.05, 0) is 63.6 Å². The second-order valence-electron chi connectivity index (χ2n) is 15.6. The molecule has 9 unspecified atom stereocenters. The van der Waals surface area contributed by atoms with Gasteiger partial charge >= 0.3 is 0 Å². The molecule has 51 heavy (non-hydrogen) atoms. The molecule has 0 spiro atoms. The molecule has 0 bridgehead atoms. The molecule has 1 heterocycles. The Bertz CT molecular complexity index is 1230. The summed E-state index contributed by atoms with van der Waals surface area (Å²) in [7, 11) is 8.67. The molecule has 2 N–H and O–H groups in total. The minimum atomic E-state index is -0.739. The van der Waals surface area contributed by atoms with Gasteiger partial charge in [-0.2, -0.15) is 0 Å². The SMILES string of the molecule is CCC(C)C(C(CC(=O)N1CCCC1C(OC)C(C)C(=O)NC(C)Cc1ccccc1)OC)N(C)C(=O)C(NC(=O)C(C(C)C)N(C)C)C(C)C. The molecule has 1 saturated heterocycles. The van der Waals surface area contributed by atoms with Crippen molar-refractivity contribution in [2.75, 3.05) is 41.9 Å². The minimum absolute atomic E-state index is 0.00749. The van der Waals surface area contributed by atoms with Crippen molar-refractivity contribution in [1.29, 1.82) is 0 Å². The Labute approximate surface area is 308 Å². The van der Waals surface area contributed by atoms with Crippen molar-refractivity contribution in [3.8, 4) is 0 Å². The van der Waals surface area contributed by atoms with Gasteiger partial charge in [-0.3, -0.25) is 24.1 Å². The standard InChI is InChI=1S/C40H69N5O6/c1-14-27(6)36(44(11)40(49)34(25(2)3)42-39(48)35(26(4)5)43(9)10)32(50-12)24-33(46)45-22-18-21-31(45)37(51-13)29(8)38(47)41-28(7)23-30-19-16-15-17-20-30/h15-17,19-20,25-29,31-32,34-37H,14,18,21-24H2,1-13H3,(H,41,47)(H,42,48). The van der Waals surface area contributed by atoms with E-state index in [1.807, 2.05) is 95.8 Å². The van der Waals surface area contributed by atoms with Crippen LogP contribution in [0.2, 0.25) is 0 Å². The van der Waals surface area contributed by atoms with E-state index in [1.54, 1.807) is 26.2 Å². The van der Waals surface area contributed by atoms with Crippen molar-refractivity contribution >= 4 is 23.6 Å². The fraction of sp³-hybridized carbons (Fsp3) is 0.750. The van der Waals surface area contributed by atoms with E-state index in [2.05, 4.69) is 24.5 Å². The summed E-state index contributed by atoms with van der Waals surface area (Å²) >= 11 is 0. The molecule has 11 nitrogen and oxygen atoms in total. The van der Waals surface area contributed by atoms with Crippen molar-refractivity contribution in [3.05, 3.63) is 35.9 Å².